The molecule has 1 heterocycles. The van der Waals surface area contributed by atoms with Crippen LogP contribution in [0.25, 0.3) is 22.0 Å². The van der Waals surface area contributed by atoms with Crippen LogP contribution in [0.4, 0.5) is 4.39 Å². The molecule has 0 atom stereocenters. The highest BCUT2D eigenvalue weighted by molar-refractivity contribution is 7.89. The predicted octanol–water partition coefficient (Wildman–Crippen LogP) is 5.00. The second kappa shape index (κ2) is 8.42. The van der Waals surface area contributed by atoms with Gasteiger partial charge in [0.05, 0.1) is 23.1 Å². The van der Waals surface area contributed by atoms with E-state index in [0.29, 0.717) is 17.5 Å². The van der Waals surface area contributed by atoms with Gasteiger partial charge in [0.1, 0.15) is 5.83 Å². The zero-order valence-corrected chi connectivity index (χ0v) is 18.3. The Bertz CT molecular complexity index is 1280. The van der Waals surface area contributed by atoms with Gasteiger partial charge < -0.3 is 4.57 Å². The first kappa shape index (κ1) is 21.8. The van der Waals surface area contributed by atoms with Gasteiger partial charge in [-0.2, -0.15) is 5.26 Å². The lowest BCUT2D eigenvalue weighted by Crippen LogP contribution is -2.22. The normalized spacial score (nSPS) is 12.5. The van der Waals surface area contributed by atoms with E-state index in [1.165, 1.54) is 18.4 Å². The highest BCUT2D eigenvalue weighted by Gasteiger charge is 2.21. The van der Waals surface area contributed by atoms with E-state index in [2.05, 4.69) is 6.07 Å². The summed E-state index contributed by atoms with van der Waals surface area (Å²) in [5, 5.41) is 10.1. The summed E-state index contributed by atoms with van der Waals surface area (Å²) in [5.74, 6) is -0.239. The Labute approximate surface area is 176 Å². The van der Waals surface area contributed by atoms with Crippen LogP contribution in [-0.2, 0) is 16.6 Å². The number of hydrogen-bond donors (Lipinski definition) is 0. The van der Waals surface area contributed by atoms with Crippen molar-refractivity contribution in [3.63, 3.8) is 0 Å². The van der Waals surface area contributed by atoms with Crippen molar-refractivity contribution in [3.05, 3.63) is 65.6 Å². The number of hydrogen-bond acceptors (Lipinski definition) is 3. The van der Waals surface area contributed by atoms with Crippen molar-refractivity contribution in [2.45, 2.75) is 31.7 Å². The molecule has 30 heavy (non-hydrogen) atoms. The average Bonchev–Trinajstić information content (AvgIpc) is 2.98. The molecule has 0 saturated carbocycles. The van der Waals surface area contributed by atoms with E-state index in [-0.39, 0.29) is 17.3 Å². The van der Waals surface area contributed by atoms with E-state index in [0.717, 1.165) is 22.2 Å². The lowest BCUT2D eigenvalue weighted by molar-refractivity contribution is 0.521. The molecule has 3 rings (SSSR count). The monoisotopic (exact) mass is 425 g/mol. The average molecular weight is 426 g/mol. The highest BCUT2D eigenvalue weighted by atomic mass is 32.2. The van der Waals surface area contributed by atoms with Crippen LogP contribution in [0, 0.1) is 18.3 Å². The van der Waals surface area contributed by atoms with Gasteiger partial charge in [-0.25, -0.2) is 17.1 Å². The van der Waals surface area contributed by atoms with Gasteiger partial charge in [-0.1, -0.05) is 25.1 Å². The van der Waals surface area contributed by atoms with E-state index in [9.17, 15) is 18.1 Å². The lowest BCUT2D eigenvalue weighted by atomic mass is 10.0. The summed E-state index contributed by atoms with van der Waals surface area (Å²) >= 11 is 0. The van der Waals surface area contributed by atoms with Gasteiger partial charge in [0, 0.05) is 36.3 Å². The van der Waals surface area contributed by atoms with Crippen molar-refractivity contribution in [3.8, 4) is 17.2 Å². The van der Waals surface area contributed by atoms with Crippen LogP contribution in [0.3, 0.4) is 0 Å². The Kier molecular flexibility index (Phi) is 6.11. The maximum Gasteiger partial charge on any atom is 0.242 e. The van der Waals surface area contributed by atoms with Gasteiger partial charge in [-0.15, -0.1) is 0 Å². The minimum Gasteiger partial charge on any atom is -0.337 e. The summed E-state index contributed by atoms with van der Waals surface area (Å²) in [7, 11) is -0.626. The number of nitriles is 1. The van der Waals surface area contributed by atoms with Crippen LogP contribution in [0.15, 0.2) is 59.3 Å². The number of benzene rings is 2. The number of rotatable bonds is 6. The van der Waals surface area contributed by atoms with E-state index in [4.69, 9.17) is 0 Å². The van der Waals surface area contributed by atoms with Gasteiger partial charge >= 0.3 is 0 Å². The van der Waals surface area contributed by atoms with Crippen molar-refractivity contribution >= 4 is 20.9 Å². The standard InChI is InChI=1S/C23H24FN3O2S/c1-5-7-19(24)15-27-16(2)23(21-12-17(14-25)10-11-22(21)27)18-8-6-9-20(13-18)30(28,29)26(3)4/h6-13H,5,15H2,1-4H3/b19-7-. The molecule has 0 radical (unpaired) electrons. The van der Waals surface area contributed by atoms with Crippen LogP contribution >= 0.6 is 0 Å². The molecule has 0 bridgehead atoms. The van der Waals surface area contributed by atoms with Gasteiger partial charge in [0.15, 0.2) is 0 Å². The van der Waals surface area contributed by atoms with Crippen molar-refractivity contribution in [2.75, 3.05) is 14.1 Å². The van der Waals surface area contributed by atoms with E-state index in [1.807, 2.05) is 30.5 Å². The first-order valence-electron chi connectivity index (χ1n) is 9.61. The van der Waals surface area contributed by atoms with Crippen LogP contribution in [0.2, 0.25) is 0 Å². The van der Waals surface area contributed by atoms with Crippen molar-refractivity contribution < 1.29 is 12.8 Å². The van der Waals surface area contributed by atoms with Crippen molar-refractivity contribution in [2.24, 2.45) is 0 Å². The van der Waals surface area contributed by atoms with E-state index in [1.54, 1.807) is 36.4 Å². The van der Waals surface area contributed by atoms with Crippen molar-refractivity contribution in [1.29, 1.82) is 5.26 Å². The number of allylic oxidation sites excluding steroid dienone is 2. The molecular formula is C23H24FN3O2S. The molecule has 7 heteroatoms. The molecule has 1 aromatic heterocycles. The third-order valence-electron chi connectivity index (χ3n) is 5.09. The number of fused-ring (bicyclic) bond motifs is 1. The minimum atomic E-state index is -3.60. The predicted molar refractivity (Wildman–Crippen MR) is 117 cm³/mol. The maximum absolute atomic E-state index is 14.4. The molecule has 0 fully saturated rings. The third-order valence-corrected chi connectivity index (χ3v) is 6.90. The summed E-state index contributed by atoms with van der Waals surface area (Å²) in [6.45, 7) is 3.84. The van der Waals surface area contributed by atoms with Crippen LogP contribution in [-0.4, -0.2) is 31.4 Å². The Morgan fingerprint density at radius 2 is 1.97 bits per heavy atom. The number of halogens is 1. The molecule has 3 aromatic rings. The molecular weight excluding hydrogens is 401 g/mol. The summed E-state index contributed by atoms with van der Waals surface area (Å²) in [6.07, 6.45) is 2.14. The molecule has 2 aromatic carbocycles. The first-order chi connectivity index (χ1) is 14.2. The number of nitrogens with zero attached hydrogens (tertiary/aromatic N) is 3. The molecule has 0 aliphatic heterocycles. The second-order valence-electron chi connectivity index (χ2n) is 7.26. The zero-order chi connectivity index (χ0) is 22.1. The summed E-state index contributed by atoms with van der Waals surface area (Å²) in [4.78, 5) is 0.179. The number of sulfonamides is 1. The van der Waals surface area contributed by atoms with Gasteiger partial charge in [-0.3, -0.25) is 0 Å². The molecule has 0 aliphatic rings. The molecule has 0 spiro atoms. The molecule has 0 saturated heterocycles. The quantitative estimate of drug-likeness (QED) is 0.558. The van der Waals surface area contributed by atoms with E-state index < -0.39 is 10.0 Å². The molecule has 0 aliphatic carbocycles. The van der Waals surface area contributed by atoms with Crippen molar-refractivity contribution in [1.82, 2.24) is 8.87 Å². The molecule has 0 N–H and O–H groups in total. The molecule has 156 valence electrons. The Morgan fingerprint density at radius 1 is 1.23 bits per heavy atom. The Morgan fingerprint density at radius 3 is 2.60 bits per heavy atom. The fourth-order valence-corrected chi connectivity index (χ4v) is 4.53. The molecule has 0 amide bonds. The van der Waals surface area contributed by atoms with Crippen LogP contribution < -0.4 is 0 Å². The van der Waals surface area contributed by atoms with Gasteiger partial charge in [-0.05, 0) is 49.2 Å². The van der Waals surface area contributed by atoms with E-state index >= 15 is 0 Å². The highest BCUT2D eigenvalue weighted by Crippen LogP contribution is 2.36. The largest absolute Gasteiger partial charge is 0.337 e. The maximum atomic E-state index is 14.4. The number of aromatic nitrogens is 1. The summed E-state index contributed by atoms with van der Waals surface area (Å²) in [5.41, 5.74) is 3.58. The topological polar surface area (TPSA) is 66.1 Å². The summed E-state index contributed by atoms with van der Waals surface area (Å²) < 4.78 is 42.6. The Balaban J connectivity index is 2.30. The minimum absolute atomic E-state index is 0.0811. The van der Waals surface area contributed by atoms with Crippen LogP contribution in [0.5, 0.6) is 0 Å². The molecule has 5 nitrogen and oxygen atoms in total. The lowest BCUT2D eigenvalue weighted by Gasteiger charge is -2.13. The van der Waals surface area contributed by atoms with Crippen LogP contribution in [0.1, 0.15) is 24.6 Å². The third kappa shape index (κ3) is 3.89. The first-order valence-corrected chi connectivity index (χ1v) is 11.0. The fraction of sp³-hybridized carbons (Fsp3) is 0.261. The SMILES string of the molecule is CC/C=C(\F)Cn1c(C)c(-c2cccc(S(=O)(=O)N(C)C)c2)c2cc(C#N)ccc21. The second-order valence-corrected chi connectivity index (χ2v) is 9.42. The zero-order valence-electron chi connectivity index (χ0n) is 17.5. The summed E-state index contributed by atoms with van der Waals surface area (Å²) in [6, 6.07) is 14.1. The fourth-order valence-electron chi connectivity index (χ4n) is 3.58. The van der Waals surface area contributed by atoms with Gasteiger partial charge in [0.25, 0.3) is 0 Å². The smallest absolute Gasteiger partial charge is 0.242 e. The Hall–Kier alpha value is -2.95. The van der Waals surface area contributed by atoms with Gasteiger partial charge in [0.2, 0.25) is 10.0 Å². The molecule has 0 unspecified atom stereocenters.